The van der Waals surface area contributed by atoms with Crippen molar-refractivity contribution in [3.63, 3.8) is 0 Å². The van der Waals surface area contributed by atoms with Crippen molar-refractivity contribution in [1.29, 1.82) is 0 Å². The van der Waals surface area contributed by atoms with Gasteiger partial charge in [0.25, 0.3) is 0 Å². The van der Waals surface area contributed by atoms with E-state index in [1.165, 1.54) is 12.8 Å². The molecule has 2 aliphatic rings. The Morgan fingerprint density at radius 1 is 0.909 bits per heavy atom. The van der Waals surface area contributed by atoms with Crippen molar-refractivity contribution in [3.8, 4) is 0 Å². The van der Waals surface area contributed by atoms with Crippen LogP contribution in [0.5, 0.6) is 0 Å². The fraction of sp³-hybridized carbons (Fsp3) is 0.579. The van der Waals surface area contributed by atoms with E-state index < -0.39 is 23.2 Å². The third-order valence-corrected chi connectivity index (χ3v) is 11.1. The summed E-state index contributed by atoms with van der Waals surface area (Å²) >= 11 is -0.661. The molecule has 0 spiro atoms. The van der Waals surface area contributed by atoms with E-state index in [1.54, 1.807) is 36.7 Å². The first kappa shape index (κ1) is 22.4. The van der Waals surface area contributed by atoms with E-state index in [0.717, 1.165) is 0 Å². The van der Waals surface area contributed by atoms with Crippen LogP contribution in [0.4, 0.5) is 0 Å². The SMILES string of the molecule is CCC1=[C]([Zr+2][C]2=C(C)C(C)=C(C)C2(C)C)C(C)=C(C)C1.[Cl-].[Cl-]. The normalized spacial score (nSPS) is 20.4. The van der Waals surface area contributed by atoms with Gasteiger partial charge in [-0.15, -0.1) is 0 Å². The van der Waals surface area contributed by atoms with Crippen LogP contribution in [0.3, 0.4) is 0 Å². The van der Waals surface area contributed by atoms with Gasteiger partial charge in [-0.05, 0) is 0 Å². The topological polar surface area (TPSA) is 0 Å². The van der Waals surface area contributed by atoms with Crippen LogP contribution in [0.15, 0.2) is 40.0 Å². The molecule has 0 bridgehead atoms. The van der Waals surface area contributed by atoms with E-state index in [1.807, 2.05) is 3.28 Å². The first-order chi connectivity index (χ1) is 9.21. The van der Waals surface area contributed by atoms with Crippen molar-refractivity contribution in [2.45, 2.75) is 68.2 Å². The molecule has 2 aliphatic carbocycles. The summed E-state index contributed by atoms with van der Waals surface area (Å²) in [5.41, 5.74) is 10.1. The van der Waals surface area contributed by atoms with E-state index in [4.69, 9.17) is 0 Å². The molecule has 0 N–H and O–H groups in total. The van der Waals surface area contributed by atoms with Crippen LogP contribution in [-0.4, -0.2) is 0 Å². The predicted octanol–water partition coefficient (Wildman–Crippen LogP) is 0.131. The first-order valence-corrected chi connectivity index (χ1v) is 10.2. The van der Waals surface area contributed by atoms with Crippen molar-refractivity contribution in [1.82, 2.24) is 0 Å². The predicted molar refractivity (Wildman–Crippen MR) is 85.2 cm³/mol. The molecule has 0 heterocycles. The third kappa shape index (κ3) is 3.58. The summed E-state index contributed by atoms with van der Waals surface area (Å²) in [6, 6.07) is 0. The summed E-state index contributed by atoms with van der Waals surface area (Å²) in [4.78, 5) is 0. The second kappa shape index (κ2) is 8.00. The van der Waals surface area contributed by atoms with Crippen molar-refractivity contribution in [2.75, 3.05) is 0 Å². The Bertz CT molecular complexity index is 587. The largest absolute Gasteiger partial charge is 1.00 e. The smallest absolute Gasteiger partial charge is 1.00 e. The van der Waals surface area contributed by atoms with Gasteiger partial charge in [0.15, 0.2) is 0 Å². The van der Waals surface area contributed by atoms with Crippen molar-refractivity contribution in [3.05, 3.63) is 40.0 Å². The molecule has 0 unspecified atom stereocenters. The van der Waals surface area contributed by atoms with Crippen LogP contribution < -0.4 is 24.8 Å². The maximum absolute atomic E-state index is 2.44. The standard InChI is InChI=1S/C10H15.C9H13.2ClH.Zr/c1-7-6-10(4,5)9(3)8(7)2;1-4-9-5-7(2)8(3)6-9;;;/h1-5H3;4-5H2,1-3H3;2*1H;/q;;;;+2/p-2. The van der Waals surface area contributed by atoms with Crippen LogP contribution in [0.2, 0.25) is 0 Å². The van der Waals surface area contributed by atoms with Gasteiger partial charge in [0.05, 0.1) is 0 Å². The average molecular weight is 419 g/mol. The maximum Gasteiger partial charge on any atom is -1.00 e. The molecule has 0 aromatic rings. The maximum atomic E-state index is 2.44. The molecule has 0 nitrogen and oxygen atoms in total. The zero-order valence-corrected chi connectivity index (χ0v) is 19.1. The van der Waals surface area contributed by atoms with Gasteiger partial charge in [0.1, 0.15) is 0 Å². The van der Waals surface area contributed by atoms with Gasteiger partial charge < -0.3 is 24.8 Å². The molecule has 0 fully saturated rings. The summed E-state index contributed by atoms with van der Waals surface area (Å²) < 4.78 is 3.62. The molecular weight excluding hydrogens is 390 g/mol. The third-order valence-electron chi connectivity index (χ3n) is 5.59. The molecule has 122 valence electrons. The minimum absolute atomic E-state index is 0. The van der Waals surface area contributed by atoms with Gasteiger partial charge in [-0.2, -0.15) is 0 Å². The number of hydrogen-bond donors (Lipinski definition) is 0. The average Bonchev–Trinajstić information content (AvgIpc) is 2.75. The van der Waals surface area contributed by atoms with Gasteiger partial charge in [0, 0.05) is 0 Å². The number of hydrogen-bond acceptors (Lipinski definition) is 0. The zero-order chi connectivity index (χ0) is 15.2. The quantitative estimate of drug-likeness (QED) is 0.612. The molecule has 0 saturated heterocycles. The van der Waals surface area contributed by atoms with E-state index in [0.29, 0.717) is 5.41 Å². The molecule has 0 aromatic carbocycles. The van der Waals surface area contributed by atoms with Gasteiger partial charge in [-0.3, -0.25) is 0 Å². The Balaban J connectivity index is 0.00000220. The molecule has 0 amide bonds. The Kier molecular flexibility index (Phi) is 8.15. The fourth-order valence-electron chi connectivity index (χ4n) is 3.47. The molecule has 0 aromatic heterocycles. The van der Waals surface area contributed by atoms with Crippen LogP contribution in [0.25, 0.3) is 0 Å². The van der Waals surface area contributed by atoms with E-state index in [-0.39, 0.29) is 24.8 Å². The van der Waals surface area contributed by atoms with Crippen LogP contribution in [0.1, 0.15) is 68.2 Å². The van der Waals surface area contributed by atoms with E-state index >= 15 is 0 Å². The second-order valence-corrected chi connectivity index (χ2v) is 9.99. The summed E-state index contributed by atoms with van der Waals surface area (Å²) in [6.07, 6.45) is 2.49. The van der Waals surface area contributed by atoms with Crippen molar-refractivity contribution < 1.29 is 48.0 Å². The second-order valence-electron chi connectivity index (χ2n) is 6.91. The fourth-order valence-corrected chi connectivity index (χ4v) is 8.31. The molecular formula is C19H28Cl2Zr. The zero-order valence-electron chi connectivity index (χ0n) is 15.2. The molecule has 0 atom stereocenters. The van der Waals surface area contributed by atoms with Crippen molar-refractivity contribution >= 4 is 0 Å². The molecule has 3 heteroatoms. The minimum Gasteiger partial charge on any atom is -1.00 e. The monoisotopic (exact) mass is 416 g/mol. The summed E-state index contributed by atoms with van der Waals surface area (Å²) in [7, 11) is 0. The number of halogens is 2. The Hall–Kier alpha value is 0.423. The van der Waals surface area contributed by atoms with Crippen LogP contribution in [0, 0.1) is 5.41 Å². The molecule has 2 rings (SSSR count). The van der Waals surface area contributed by atoms with Crippen LogP contribution in [-0.2, 0) is 23.2 Å². The molecule has 0 radical (unpaired) electrons. The first-order valence-electron chi connectivity index (χ1n) is 7.77. The van der Waals surface area contributed by atoms with Gasteiger partial charge in [-0.25, -0.2) is 0 Å². The van der Waals surface area contributed by atoms with Gasteiger partial charge in [0.2, 0.25) is 0 Å². The molecule has 0 aliphatic heterocycles. The Morgan fingerprint density at radius 3 is 1.86 bits per heavy atom. The van der Waals surface area contributed by atoms with Gasteiger partial charge in [-0.1, -0.05) is 0 Å². The van der Waals surface area contributed by atoms with E-state index in [2.05, 4.69) is 55.4 Å². The summed E-state index contributed by atoms with van der Waals surface area (Å²) in [5.74, 6) is 0. The number of rotatable bonds is 3. The number of allylic oxidation sites excluding steroid dienone is 8. The van der Waals surface area contributed by atoms with Crippen molar-refractivity contribution in [2.24, 2.45) is 5.41 Å². The summed E-state index contributed by atoms with van der Waals surface area (Å²) in [5, 5.41) is 0. The minimum atomic E-state index is -0.661. The molecule has 0 saturated carbocycles. The Labute approximate surface area is 161 Å². The Morgan fingerprint density at radius 2 is 1.45 bits per heavy atom. The van der Waals surface area contributed by atoms with E-state index in [9.17, 15) is 0 Å². The van der Waals surface area contributed by atoms with Crippen LogP contribution >= 0.6 is 0 Å². The summed E-state index contributed by atoms with van der Waals surface area (Å²) in [6.45, 7) is 18.9. The molecule has 22 heavy (non-hydrogen) atoms. The van der Waals surface area contributed by atoms with Gasteiger partial charge >= 0.3 is 137 Å².